The van der Waals surface area contributed by atoms with Crippen LogP contribution in [0.25, 0.3) is 100 Å². The lowest BCUT2D eigenvalue weighted by Crippen LogP contribution is -2.46. The third-order valence-corrected chi connectivity index (χ3v) is 19.1. The number of aromatic nitrogens is 12. The van der Waals surface area contributed by atoms with Gasteiger partial charge in [0.25, 0.3) is 0 Å². The van der Waals surface area contributed by atoms with E-state index in [-0.39, 0.29) is 55.2 Å². The normalized spacial score (nSPS) is 17.4. The van der Waals surface area contributed by atoms with Gasteiger partial charge >= 0.3 is 18.2 Å². The van der Waals surface area contributed by atoms with E-state index in [0.717, 1.165) is 165 Å². The fourth-order valence-corrected chi connectivity index (χ4v) is 13.9. The number of morpholine rings is 3. The molecule has 6 atom stereocenters. The molecule has 3 aromatic carbocycles. The zero-order valence-electron chi connectivity index (χ0n) is 63.4. The number of fused-ring (bicyclic) bond motifs is 3. The zero-order valence-corrected chi connectivity index (χ0v) is 63.4. The first-order valence-corrected chi connectivity index (χ1v) is 37.5. The molecule has 12 heterocycles. The number of hydrogen-bond acceptors (Lipinski definition) is 20. The summed E-state index contributed by atoms with van der Waals surface area (Å²) in [6.07, 6.45) is 11.2. The summed E-state index contributed by atoms with van der Waals surface area (Å²) in [5, 5.41) is 13.6. The molecule has 0 spiro atoms. The maximum Gasteiger partial charge on any atom is 0.413 e. The number of anilines is 3. The molecule has 3 aliphatic heterocycles. The number of rotatable bonds is 20. The minimum atomic E-state index is -0.556. The van der Waals surface area contributed by atoms with E-state index in [0.29, 0.717) is 48.9 Å². The highest BCUT2D eigenvalue weighted by Crippen LogP contribution is 2.38. The molecule has 570 valence electrons. The Labute approximate surface area is 638 Å². The predicted octanol–water partition coefficient (Wildman–Crippen LogP) is 14.0. The van der Waals surface area contributed by atoms with Gasteiger partial charge in [0.2, 0.25) is 23.7 Å². The van der Waals surface area contributed by atoms with Crippen LogP contribution in [0.1, 0.15) is 85.8 Å². The molecule has 12 aromatic rings. The van der Waals surface area contributed by atoms with Crippen LogP contribution in [-0.4, -0.2) is 202 Å². The van der Waals surface area contributed by atoms with Gasteiger partial charge in [-0.15, -0.1) is 0 Å². The van der Waals surface area contributed by atoms with E-state index >= 15 is 0 Å². The molecule has 15 rings (SSSR count). The van der Waals surface area contributed by atoms with Gasteiger partial charge in [-0.05, 0) is 170 Å². The second-order valence-corrected chi connectivity index (χ2v) is 27.4. The molecule has 3 aliphatic rings. The number of carbonyl (C=O) groups excluding carboxylic acids is 3. The van der Waals surface area contributed by atoms with E-state index in [1.165, 1.54) is 0 Å². The van der Waals surface area contributed by atoms with E-state index in [4.69, 9.17) is 33.7 Å². The van der Waals surface area contributed by atoms with Crippen molar-refractivity contribution in [3.8, 4) is 73.0 Å². The smallest absolute Gasteiger partial charge is 0.413 e. The number of aromatic amines is 3. The average molecular weight is 1490 g/mol. The first kappa shape index (κ1) is 76.5. The van der Waals surface area contributed by atoms with Gasteiger partial charge in [0.05, 0.1) is 106 Å². The van der Waals surface area contributed by atoms with E-state index in [9.17, 15) is 14.4 Å². The minimum Gasteiger partial charge on any atom is -0.476 e. The average Bonchev–Trinajstić information content (AvgIpc) is 1.64. The van der Waals surface area contributed by atoms with Crippen LogP contribution in [0.2, 0.25) is 0 Å². The number of imidazole rings is 3. The Bertz CT molecular complexity index is 4810. The van der Waals surface area contributed by atoms with Gasteiger partial charge in [0, 0.05) is 148 Å². The first-order valence-electron chi connectivity index (χ1n) is 37.5. The molecule has 28 nitrogen and oxygen atoms in total. The SMILES string of the molecule is CCNC(=O)Nc1nc2c(-c3ccccn3)cc(-c3ccc(C(C)N4C[C@@H](C)O[C@@H](C)C4)nc3)cc2[nH]1.CCNC(=O)Nc1nc2c(-c3ccccn3)cc(-c3ccc(OCCN4CCOCC4)nc3)cc2[nH]1.CCOC(=O)Nc1nc2c(-c3ccccn3)cc(-c3ccc(C(C)N4C[C@@H](C)O[C@@H](C)C4)nc3)cc2[nH]1. The molecule has 0 aliphatic carbocycles. The number of nitrogens with one attached hydrogen (secondary N) is 8. The Morgan fingerprint density at radius 2 is 0.891 bits per heavy atom. The van der Waals surface area contributed by atoms with Gasteiger partial charge in [-0.25, -0.2) is 34.3 Å². The van der Waals surface area contributed by atoms with E-state index in [1.807, 2.05) is 117 Å². The number of carbonyl (C=O) groups is 3. The quantitative estimate of drug-likeness (QED) is 0.0351. The minimum absolute atomic E-state index is 0.193. The van der Waals surface area contributed by atoms with Gasteiger partial charge in [0.1, 0.15) is 6.61 Å². The van der Waals surface area contributed by atoms with E-state index in [1.54, 1.807) is 31.7 Å². The summed E-state index contributed by atoms with van der Waals surface area (Å²) in [6, 6.07) is 41.6. The van der Waals surface area contributed by atoms with Crippen molar-refractivity contribution in [1.82, 2.24) is 85.1 Å². The molecule has 0 saturated carbocycles. The lowest BCUT2D eigenvalue weighted by Gasteiger charge is -2.38. The number of amides is 5. The van der Waals surface area contributed by atoms with Gasteiger partial charge in [0.15, 0.2) is 0 Å². The lowest BCUT2D eigenvalue weighted by molar-refractivity contribution is -0.0795. The van der Waals surface area contributed by atoms with Crippen molar-refractivity contribution >= 4 is 69.1 Å². The second kappa shape index (κ2) is 36.0. The van der Waals surface area contributed by atoms with Gasteiger partial charge in [-0.2, -0.15) is 0 Å². The molecule has 0 radical (unpaired) electrons. The highest BCUT2D eigenvalue weighted by atomic mass is 16.5. The number of hydrogen-bond donors (Lipinski definition) is 8. The van der Waals surface area contributed by atoms with Gasteiger partial charge in [-0.3, -0.25) is 55.6 Å². The van der Waals surface area contributed by atoms with Crippen LogP contribution in [0.3, 0.4) is 0 Å². The van der Waals surface area contributed by atoms with Crippen LogP contribution in [0.4, 0.5) is 32.2 Å². The van der Waals surface area contributed by atoms with Crippen molar-refractivity contribution in [2.24, 2.45) is 0 Å². The largest absolute Gasteiger partial charge is 0.476 e. The number of pyridine rings is 6. The van der Waals surface area contributed by atoms with Crippen molar-refractivity contribution < 1.29 is 38.1 Å². The summed E-state index contributed by atoms with van der Waals surface area (Å²) in [5.74, 6) is 1.66. The van der Waals surface area contributed by atoms with Gasteiger partial charge < -0.3 is 49.3 Å². The molecule has 2 unspecified atom stereocenters. The molecule has 9 aromatic heterocycles. The van der Waals surface area contributed by atoms with Crippen molar-refractivity contribution in [3.63, 3.8) is 0 Å². The predicted molar refractivity (Wildman–Crippen MR) is 426 cm³/mol. The Morgan fingerprint density at radius 3 is 1.25 bits per heavy atom. The van der Waals surface area contributed by atoms with E-state index < -0.39 is 6.09 Å². The number of H-pyrrole nitrogens is 3. The van der Waals surface area contributed by atoms with Crippen molar-refractivity contribution in [2.45, 2.75) is 98.8 Å². The molecule has 110 heavy (non-hydrogen) atoms. The summed E-state index contributed by atoms with van der Waals surface area (Å²) in [7, 11) is 0. The fourth-order valence-electron chi connectivity index (χ4n) is 13.9. The molecule has 8 N–H and O–H groups in total. The number of benzene rings is 3. The zero-order chi connectivity index (χ0) is 76.6. The van der Waals surface area contributed by atoms with Crippen LogP contribution in [0.15, 0.2) is 165 Å². The van der Waals surface area contributed by atoms with Crippen LogP contribution in [0.5, 0.6) is 5.88 Å². The summed E-state index contributed by atoms with van der Waals surface area (Å²) < 4.78 is 28.0. The Morgan fingerprint density at radius 1 is 0.491 bits per heavy atom. The molecule has 3 saturated heterocycles. The first-order chi connectivity index (χ1) is 53.5. The highest BCUT2D eigenvalue weighted by molar-refractivity contribution is 6.00. The molecular formula is C82H94N20O8. The maximum absolute atomic E-state index is 12.1. The lowest BCUT2D eigenvalue weighted by atomic mass is 10.00. The van der Waals surface area contributed by atoms with Crippen LogP contribution >= 0.6 is 0 Å². The molecule has 5 amide bonds. The van der Waals surface area contributed by atoms with Crippen molar-refractivity contribution in [2.75, 3.05) is 101 Å². The number of urea groups is 2. The third-order valence-electron chi connectivity index (χ3n) is 19.1. The van der Waals surface area contributed by atoms with Crippen LogP contribution in [-0.2, 0) is 18.9 Å². The summed E-state index contributed by atoms with van der Waals surface area (Å²) in [4.78, 5) is 94.5. The Balaban J connectivity index is 0.000000145. The topological polar surface area (TPSA) is 331 Å². The summed E-state index contributed by atoms with van der Waals surface area (Å²) in [6.45, 7) is 28.1. The molecule has 0 bridgehead atoms. The summed E-state index contributed by atoms with van der Waals surface area (Å²) >= 11 is 0. The number of ether oxygens (including phenoxy) is 5. The van der Waals surface area contributed by atoms with Gasteiger partial charge in [-0.1, -0.05) is 30.3 Å². The van der Waals surface area contributed by atoms with Crippen LogP contribution < -0.4 is 31.3 Å². The fraction of sp³-hybridized carbons (Fsp3) is 0.341. The summed E-state index contributed by atoms with van der Waals surface area (Å²) in [5.41, 5.74) is 17.4. The third kappa shape index (κ3) is 19.2. The van der Waals surface area contributed by atoms with Crippen LogP contribution in [0, 0.1) is 0 Å². The van der Waals surface area contributed by atoms with Crippen molar-refractivity contribution in [3.05, 3.63) is 176 Å². The number of nitrogens with zero attached hydrogens (tertiary/aromatic N) is 12. The second-order valence-electron chi connectivity index (χ2n) is 27.4. The Hall–Kier alpha value is -11.7. The molecular weight excluding hydrogens is 1390 g/mol. The molecule has 28 heteroatoms. The monoisotopic (exact) mass is 1490 g/mol. The van der Waals surface area contributed by atoms with Crippen molar-refractivity contribution in [1.29, 1.82) is 0 Å². The van der Waals surface area contributed by atoms with E-state index in [2.05, 4.69) is 169 Å². The Kier molecular flexibility index (Phi) is 25.1. The molecule has 3 fully saturated rings. The maximum atomic E-state index is 12.1. The standard InChI is InChI=1S/C28H33N7O2.C28H32N6O3.C26H29N7O3/c1-5-29-28(36)34-27-32-25-13-21(12-22(26(25)33-27)24-8-6-7-11-30-24)20-9-10-23(31-14-20)19(4)35-15-17(2)37-18(3)16-35;1-5-36-28(35)33-27-31-25-13-21(12-22(26(25)32-27)24-8-6-7-11-29-24)20-9-10-23(30-14-20)19(4)34-15-17(2)37-18(3)16-34;1-2-27-26(34)32-25-30-22-16-19(15-20(24(22)31-25)21-5-3-4-8-28-21)18-6-7-23(29-17-18)36-14-11-33-9-12-35-13-10-33/h6-14,17-19H,5,15-16H2,1-4H3,(H3,29,32,33,34,36);6-14,17-19H,5,15-16H2,1-4H3,(H2,31,32,33,35);3-8,15-17H,2,9-14H2,1H3,(H3,27,30,31,32,34)/t2*17-,18+,19?;. The highest BCUT2D eigenvalue weighted by Gasteiger charge is 2.30.